The summed E-state index contributed by atoms with van der Waals surface area (Å²) in [6.07, 6.45) is 1.10. The second-order valence-electron chi connectivity index (χ2n) is 6.05. The quantitative estimate of drug-likeness (QED) is 0.718. The summed E-state index contributed by atoms with van der Waals surface area (Å²) in [6, 6.07) is 5.38. The predicted octanol–water partition coefficient (Wildman–Crippen LogP) is 0.281. The lowest BCUT2D eigenvalue weighted by molar-refractivity contribution is -0.121. The number of amides is 1. The number of rotatable bonds is 7. The molecule has 1 atom stereocenters. The van der Waals surface area contributed by atoms with E-state index in [9.17, 15) is 26.0 Å². The van der Waals surface area contributed by atoms with E-state index in [0.29, 0.717) is 5.56 Å². The van der Waals surface area contributed by atoms with Gasteiger partial charge in [-0.1, -0.05) is 18.2 Å². The Balaban J connectivity index is 1.92. The van der Waals surface area contributed by atoms with E-state index in [1.807, 2.05) is 0 Å². The van der Waals surface area contributed by atoms with Gasteiger partial charge in [-0.2, -0.15) is 4.31 Å². The van der Waals surface area contributed by atoms with E-state index in [2.05, 4.69) is 5.32 Å². The van der Waals surface area contributed by atoms with Gasteiger partial charge < -0.3 is 5.32 Å². The molecule has 0 saturated carbocycles. The van der Waals surface area contributed by atoms with Crippen LogP contribution in [0.1, 0.15) is 18.4 Å². The normalized spacial score (nSPS) is 19.9. The van der Waals surface area contributed by atoms with Gasteiger partial charge in [0.2, 0.25) is 15.9 Å². The Hall–Kier alpha value is -1.52. The molecule has 25 heavy (non-hydrogen) atoms. The highest BCUT2D eigenvalue weighted by atomic mass is 32.2. The molecule has 0 aromatic heterocycles. The predicted molar refractivity (Wildman–Crippen MR) is 91.5 cm³/mol. The molecule has 1 saturated heterocycles. The Morgan fingerprint density at radius 2 is 2.04 bits per heavy atom. The number of sulfonamides is 1. The highest BCUT2D eigenvalue weighted by Gasteiger charge is 2.36. The summed E-state index contributed by atoms with van der Waals surface area (Å²) in [5.74, 6) is -1.14. The molecule has 1 N–H and O–H groups in total. The Morgan fingerprint density at radius 3 is 2.60 bits per heavy atom. The van der Waals surface area contributed by atoms with E-state index >= 15 is 0 Å². The van der Waals surface area contributed by atoms with Crippen LogP contribution in [0, 0.1) is 5.82 Å². The SMILES string of the molecule is CS(=O)(=O)N(CCC(=O)NCc1ccccc1F)C1CCS(=O)(=O)C1. The number of sulfone groups is 1. The Bertz CT molecular complexity index is 839. The van der Waals surface area contributed by atoms with Crippen LogP contribution in [-0.2, 0) is 31.2 Å². The Kier molecular flexibility index (Phi) is 6.17. The molecular weight excluding hydrogens is 371 g/mol. The lowest BCUT2D eigenvalue weighted by atomic mass is 10.2. The van der Waals surface area contributed by atoms with Crippen molar-refractivity contribution in [2.45, 2.75) is 25.4 Å². The monoisotopic (exact) mass is 392 g/mol. The summed E-state index contributed by atoms with van der Waals surface area (Å²) in [7, 11) is -6.88. The van der Waals surface area contributed by atoms with Gasteiger partial charge in [-0.25, -0.2) is 21.2 Å². The van der Waals surface area contributed by atoms with Crippen LogP contribution < -0.4 is 5.32 Å². The zero-order chi connectivity index (χ0) is 18.7. The summed E-state index contributed by atoms with van der Waals surface area (Å²) in [4.78, 5) is 11.9. The molecule has 1 heterocycles. The Labute approximate surface area is 147 Å². The first-order chi connectivity index (χ1) is 11.6. The van der Waals surface area contributed by atoms with E-state index < -0.39 is 37.6 Å². The molecule has 2 rings (SSSR count). The zero-order valence-electron chi connectivity index (χ0n) is 13.8. The van der Waals surface area contributed by atoms with Crippen LogP contribution in [0.4, 0.5) is 4.39 Å². The second kappa shape index (κ2) is 7.79. The molecule has 1 unspecified atom stereocenters. The van der Waals surface area contributed by atoms with Gasteiger partial charge in [0.25, 0.3) is 0 Å². The van der Waals surface area contributed by atoms with Crippen LogP contribution >= 0.6 is 0 Å². The molecule has 0 bridgehead atoms. The average molecular weight is 392 g/mol. The number of nitrogens with zero attached hydrogens (tertiary/aromatic N) is 1. The standard InChI is InChI=1S/C15H21FN2O5S2/c1-24(20,21)18(13-7-9-25(22,23)11-13)8-6-15(19)17-10-12-4-2-3-5-14(12)16/h2-5,13H,6-11H2,1H3,(H,17,19). The molecule has 0 spiro atoms. The maximum Gasteiger partial charge on any atom is 0.221 e. The first kappa shape index (κ1) is 19.8. The van der Waals surface area contributed by atoms with Crippen LogP contribution in [-0.4, -0.2) is 57.4 Å². The fourth-order valence-electron chi connectivity index (χ4n) is 2.76. The third-order valence-corrected chi connectivity index (χ3v) is 7.12. The molecule has 0 radical (unpaired) electrons. The van der Waals surface area contributed by atoms with Gasteiger partial charge in [0, 0.05) is 31.1 Å². The molecule has 1 fully saturated rings. The van der Waals surface area contributed by atoms with E-state index in [-0.39, 0.29) is 37.4 Å². The fourth-order valence-corrected chi connectivity index (χ4v) is 5.73. The number of nitrogens with one attached hydrogen (secondary N) is 1. The van der Waals surface area contributed by atoms with E-state index in [1.165, 1.54) is 6.07 Å². The molecule has 1 amide bonds. The van der Waals surface area contributed by atoms with Crippen LogP contribution in [0.3, 0.4) is 0 Å². The smallest absolute Gasteiger partial charge is 0.221 e. The number of halogens is 1. The highest BCUT2D eigenvalue weighted by molar-refractivity contribution is 7.92. The minimum atomic E-state index is -3.64. The summed E-state index contributed by atoms with van der Waals surface area (Å²) in [5.41, 5.74) is 0.331. The van der Waals surface area contributed by atoms with Crippen molar-refractivity contribution >= 4 is 25.8 Å². The molecule has 1 aliphatic rings. The molecule has 1 aliphatic heterocycles. The lowest BCUT2D eigenvalue weighted by Crippen LogP contribution is -2.42. The summed E-state index contributed by atoms with van der Waals surface area (Å²) < 4.78 is 61.5. The third kappa shape index (κ3) is 5.75. The number of hydrogen-bond donors (Lipinski definition) is 1. The molecule has 10 heteroatoms. The molecule has 7 nitrogen and oxygen atoms in total. The van der Waals surface area contributed by atoms with Crippen molar-refractivity contribution in [3.05, 3.63) is 35.6 Å². The van der Waals surface area contributed by atoms with Gasteiger partial charge in [-0.05, 0) is 12.5 Å². The zero-order valence-corrected chi connectivity index (χ0v) is 15.4. The maximum atomic E-state index is 13.5. The highest BCUT2D eigenvalue weighted by Crippen LogP contribution is 2.20. The Morgan fingerprint density at radius 1 is 1.36 bits per heavy atom. The van der Waals surface area contributed by atoms with Crippen molar-refractivity contribution in [1.82, 2.24) is 9.62 Å². The first-order valence-electron chi connectivity index (χ1n) is 7.76. The van der Waals surface area contributed by atoms with E-state index in [4.69, 9.17) is 0 Å². The summed E-state index contributed by atoms with van der Waals surface area (Å²) in [6.45, 7) is -0.107. The van der Waals surface area contributed by atoms with Crippen LogP contribution in [0.5, 0.6) is 0 Å². The minimum Gasteiger partial charge on any atom is -0.352 e. The van der Waals surface area contributed by atoms with Crippen LogP contribution in [0.2, 0.25) is 0 Å². The number of hydrogen-bond acceptors (Lipinski definition) is 5. The van der Waals surface area contributed by atoms with Gasteiger partial charge >= 0.3 is 0 Å². The molecule has 1 aromatic carbocycles. The van der Waals surface area contributed by atoms with Gasteiger partial charge in [-0.3, -0.25) is 4.79 Å². The number of benzene rings is 1. The van der Waals surface area contributed by atoms with Crippen molar-refractivity contribution in [2.24, 2.45) is 0 Å². The largest absolute Gasteiger partial charge is 0.352 e. The van der Waals surface area contributed by atoms with Gasteiger partial charge in [0.05, 0.1) is 17.8 Å². The summed E-state index contributed by atoms with van der Waals surface area (Å²) in [5, 5.41) is 2.53. The van der Waals surface area contributed by atoms with Crippen molar-refractivity contribution in [3.63, 3.8) is 0 Å². The second-order valence-corrected chi connectivity index (χ2v) is 10.2. The van der Waals surface area contributed by atoms with Gasteiger partial charge in [0.1, 0.15) is 5.82 Å². The topological polar surface area (TPSA) is 101 Å². The number of carbonyl (C=O) groups excluding carboxylic acids is 1. The van der Waals surface area contributed by atoms with Gasteiger partial charge in [-0.15, -0.1) is 0 Å². The fraction of sp³-hybridized carbons (Fsp3) is 0.533. The lowest BCUT2D eigenvalue weighted by Gasteiger charge is -2.25. The first-order valence-corrected chi connectivity index (χ1v) is 11.4. The molecular formula is C15H21FN2O5S2. The summed E-state index contributed by atoms with van der Waals surface area (Å²) >= 11 is 0. The van der Waals surface area contributed by atoms with Crippen molar-refractivity contribution in [1.29, 1.82) is 0 Å². The number of carbonyl (C=O) groups is 1. The van der Waals surface area contributed by atoms with Crippen molar-refractivity contribution < 1.29 is 26.0 Å². The molecule has 140 valence electrons. The van der Waals surface area contributed by atoms with Crippen LogP contribution in [0.15, 0.2) is 24.3 Å². The maximum absolute atomic E-state index is 13.5. The van der Waals surface area contributed by atoms with E-state index in [1.54, 1.807) is 18.2 Å². The molecule has 0 aliphatic carbocycles. The average Bonchev–Trinajstić information content (AvgIpc) is 2.85. The minimum absolute atomic E-state index is 0.00217. The molecule has 1 aromatic rings. The third-order valence-electron chi connectivity index (χ3n) is 4.03. The van der Waals surface area contributed by atoms with Crippen LogP contribution in [0.25, 0.3) is 0 Å². The van der Waals surface area contributed by atoms with Gasteiger partial charge in [0.15, 0.2) is 9.84 Å². The van der Waals surface area contributed by atoms with Crippen molar-refractivity contribution in [2.75, 3.05) is 24.3 Å². The van der Waals surface area contributed by atoms with E-state index in [0.717, 1.165) is 10.6 Å². The van der Waals surface area contributed by atoms with Crippen molar-refractivity contribution in [3.8, 4) is 0 Å².